The molecule has 8 heteroatoms. The molecule has 1 rings (SSSR count). The average molecular weight is 520 g/mol. The Balaban J connectivity index is 0.00000784. The zero-order valence-electron chi connectivity index (χ0n) is 18.5. The van der Waals surface area contributed by atoms with Gasteiger partial charge in [-0.15, -0.1) is 24.0 Å². The van der Waals surface area contributed by atoms with E-state index >= 15 is 0 Å². The number of halogens is 1. The summed E-state index contributed by atoms with van der Waals surface area (Å²) in [6, 6.07) is 7.69. The number of amides is 1. The molecule has 0 bridgehead atoms. The Kier molecular flexibility index (Phi) is 14.5. The van der Waals surface area contributed by atoms with E-state index in [1.165, 1.54) is 4.90 Å². The Morgan fingerprint density at radius 3 is 2.55 bits per heavy atom. The zero-order chi connectivity index (χ0) is 20.9. The summed E-state index contributed by atoms with van der Waals surface area (Å²) >= 11 is 0. The maximum absolute atomic E-state index is 11.6. The molecule has 1 amide bonds. The first kappa shape index (κ1) is 27.5. The molecule has 0 heterocycles. The lowest BCUT2D eigenvalue weighted by Crippen LogP contribution is -2.38. The van der Waals surface area contributed by atoms with Crippen LogP contribution in [0.4, 0.5) is 0 Å². The highest BCUT2D eigenvalue weighted by Crippen LogP contribution is 2.13. The van der Waals surface area contributed by atoms with E-state index in [9.17, 15) is 4.79 Å². The highest BCUT2D eigenvalue weighted by molar-refractivity contribution is 14.0. The monoisotopic (exact) mass is 520 g/mol. The Morgan fingerprint density at radius 1 is 1.24 bits per heavy atom. The van der Waals surface area contributed by atoms with Gasteiger partial charge in [0.15, 0.2) is 12.6 Å². The van der Waals surface area contributed by atoms with Crippen molar-refractivity contribution in [2.45, 2.75) is 39.8 Å². The standard InChI is InChI=1S/C21H36N4O3.HI/c1-7-27-19(16(2)3)11-12-23-21(22-4)24-14-17-9-8-10-18(13-17)28-15-20(26)25(5)6;/h8-10,13,16,19H,7,11-12,14-15H2,1-6H3,(H2,22,23,24);1H. The van der Waals surface area contributed by atoms with Gasteiger partial charge in [0.2, 0.25) is 0 Å². The van der Waals surface area contributed by atoms with E-state index in [2.05, 4.69) is 29.5 Å². The summed E-state index contributed by atoms with van der Waals surface area (Å²) in [7, 11) is 5.18. The van der Waals surface area contributed by atoms with Gasteiger partial charge in [-0.2, -0.15) is 0 Å². The first-order chi connectivity index (χ1) is 13.4. The van der Waals surface area contributed by atoms with Crippen molar-refractivity contribution in [1.82, 2.24) is 15.5 Å². The summed E-state index contributed by atoms with van der Waals surface area (Å²) < 4.78 is 11.3. The van der Waals surface area contributed by atoms with Crippen LogP contribution in [0.2, 0.25) is 0 Å². The number of benzene rings is 1. The molecule has 0 fully saturated rings. The molecule has 1 aromatic rings. The van der Waals surface area contributed by atoms with E-state index < -0.39 is 0 Å². The Bertz CT molecular complexity index is 624. The maximum Gasteiger partial charge on any atom is 0.259 e. The summed E-state index contributed by atoms with van der Waals surface area (Å²) in [5.74, 6) is 1.83. The third-order valence-electron chi connectivity index (χ3n) is 4.29. The second kappa shape index (κ2) is 15.3. The van der Waals surface area contributed by atoms with E-state index in [1.54, 1.807) is 21.1 Å². The van der Waals surface area contributed by atoms with Gasteiger partial charge in [-0.05, 0) is 37.0 Å². The first-order valence-corrected chi connectivity index (χ1v) is 9.85. The topological polar surface area (TPSA) is 75.2 Å². The van der Waals surface area contributed by atoms with Crippen molar-refractivity contribution >= 4 is 35.8 Å². The average Bonchev–Trinajstić information content (AvgIpc) is 2.67. The van der Waals surface area contributed by atoms with Gasteiger partial charge in [0.05, 0.1) is 6.10 Å². The molecule has 7 nitrogen and oxygen atoms in total. The van der Waals surface area contributed by atoms with Crippen molar-refractivity contribution in [3.63, 3.8) is 0 Å². The molecule has 2 N–H and O–H groups in total. The van der Waals surface area contributed by atoms with E-state index in [0.717, 1.165) is 31.1 Å². The van der Waals surface area contributed by atoms with Crippen molar-refractivity contribution in [3.05, 3.63) is 29.8 Å². The number of hydrogen-bond acceptors (Lipinski definition) is 4. The molecule has 1 atom stereocenters. The molecule has 0 aromatic heterocycles. The van der Waals surface area contributed by atoms with Gasteiger partial charge in [0, 0.05) is 40.8 Å². The fourth-order valence-electron chi connectivity index (χ4n) is 2.58. The lowest BCUT2D eigenvalue weighted by molar-refractivity contribution is -0.130. The number of guanidine groups is 1. The van der Waals surface area contributed by atoms with Crippen LogP contribution < -0.4 is 15.4 Å². The number of likely N-dealkylation sites (N-methyl/N-ethyl adjacent to an activating group) is 1. The summed E-state index contributed by atoms with van der Waals surface area (Å²) in [6.45, 7) is 8.54. The van der Waals surface area contributed by atoms with Crippen LogP contribution in [0.15, 0.2) is 29.3 Å². The van der Waals surface area contributed by atoms with E-state index in [-0.39, 0.29) is 42.6 Å². The number of nitrogens with one attached hydrogen (secondary N) is 2. The predicted octanol–water partition coefficient (Wildman–Crippen LogP) is 2.89. The van der Waals surface area contributed by atoms with Crippen LogP contribution in [0.3, 0.4) is 0 Å². The normalized spacial score (nSPS) is 12.2. The molecule has 0 aliphatic heterocycles. The molecule has 0 saturated heterocycles. The van der Waals surface area contributed by atoms with Crippen LogP contribution in [0, 0.1) is 5.92 Å². The van der Waals surface area contributed by atoms with Gasteiger partial charge >= 0.3 is 0 Å². The molecular formula is C21H37IN4O3. The van der Waals surface area contributed by atoms with Crippen molar-refractivity contribution < 1.29 is 14.3 Å². The van der Waals surface area contributed by atoms with Gasteiger partial charge in [-0.25, -0.2) is 0 Å². The van der Waals surface area contributed by atoms with Crippen molar-refractivity contribution in [2.24, 2.45) is 10.9 Å². The zero-order valence-corrected chi connectivity index (χ0v) is 20.9. The van der Waals surface area contributed by atoms with Crippen LogP contribution in [-0.4, -0.2) is 63.8 Å². The highest BCUT2D eigenvalue weighted by atomic mass is 127. The Hall–Kier alpha value is -1.55. The van der Waals surface area contributed by atoms with Crippen LogP contribution >= 0.6 is 24.0 Å². The van der Waals surface area contributed by atoms with Crippen molar-refractivity contribution in [2.75, 3.05) is 40.9 Å². The van der Waals surface area contributed by atoms with Gasteiger partial charge < -0.3 is 25.0 Å². The molecule has 29 heavy (non-hydrogen) atoms. The lowest BCUT2D eigenvalue weighted by Gasteiger charge is -2.21. The molecule has 0 aliphatic rings. The number of ether oxygens (including phenoxy) is 2. The summed E-state index contributed by atoms with van der Waals surface area (Å²) in [4.78, 5) is 17.4. The fraction of sp³-hybridized carbons (Fsp3) is 0.619. The quantitative estimate of drug-likeness (QED) is 0.267. The molecule has 1 aromatic carbocycles. The number of hydrogen-bond donors (Lipinski definition) is 2. The van der Waals surface area contributed by atoms with Crippen LogP contribution in [0.25, 0.3) is 0 Å². The highest BCUT2D eigenvalue weighted by Gasteiger charge is 2.13. The lowest BCUT2D eigenvalue weighted by atomic mass is 10.0. The van der Waals surface area contributed by atoms with E-state index in [4.69, 9.17) is 9.47 Å². The molecule has 0 aliphatic carbocycles. The van der Waals surface area contributed by atoms with Gasteiger partial charge in [-0.1, -0.05) is 26.0 Å². The molecule has 166 valence electrons. The largest absolute Gasteiger partial charge is 0.484 e. The summed E-state index contributed by atoms with van der Waals surface area (Å²) in [6.07, 6.45) is 1.17. The van der Waals surface area contributed by atoms with Gasteiger partial charge in [0.1, 0.15) is 5.75 Å². The molecule has 1 unspecified atom stereocenters. The summed E-state index contributed by atoms with van der Waals surface area (Å²) in [5.41, 5.74) is 1.05. The molecule has 0 radical (unpaired) electrons. The van der Waals surface area contributed by atoms with Crippen LogP contribution in [0.1, 0.15) is 32.8 Å². The Morgan fingerprint density at radius 2 is 1.97 bits per heavy atom. The van der Waals surface area contributed by atoms with Gasteiger partial charge in [0.25, 0.3) is 5.91 Å². The van der Waals surface area contributed by atoms with Crippen molar-refractivity contribution in [3.8, 4) is 5.75 Å². The second-order valence-electron chi connectivity index (χ2n) is 7.10. The SMILES string of the molecule is CCOC(CCNC(=NC)NCc1cccc(OCC(=O)N(C)C)c1)C(C)C.I. The molecule has 0 saturated carbocycles. The van der Waals surface area contributed by atoms with E-state index in [1.807, 2.05) is 31.2 Å². The minimum atomic E-state index is -0.0696. The number of nitrogens with zero attached hydrogens (tertiary/aromatic N) is 2. The third kappa shape index (κ3) is 11.3. The van der Waals surface area contributed by atoms with Crippen molar-refractivity contribution in [1.29, 1.82) is 0 Å². The summed E-state index contributed by atoms with van der Waals surface area (Å²) in [5, 5.41) is 6.63. The number of rotatable bonds is 11. The number of carbonyl (C=O) groups excluding carboxylic acids is 1. The minimum absolute atomic E-state index is 0. The van der Waals surface area contributed by atoms with Gasteiger partial charge in [-0.3, -0.25) is 9.79 Å². The fourth-order valence-corrected chi connectivity index (χ4v) is 2.58. The predicted molar refractivity (Wildman–Crippen MR) is 129 cm³/mol. The molecular weight excluding hydrogens is 483 g/mol. The van der Waals surface area contributed by atoms with Crippen LogP contribution in [-0.2, 0) is 16.1 Å². The minimum Gasteiger partial charge on any atom is -0.484 e. The number of aliphatic imine (C=N–C) groups is 1. The second-order valence-corrected chi connectivity index (χ2v) is 7.10. The smallest absolute Gasteiger partial charge is 0.259 e. The maximum atomic E-state index is 11.6. The van der Waals surface area contributed by atoms with E-state index in [0.29, 0.717) is 18.2 Å². The van der Waals surface area contributed by atoms with Crippen LogP contribution in [0.5, 0.6) is 5.75 Å². The first-order valence-electron chi connectivity index (χ1n) is 9.85. The molecule has 0 spiro atoms. The number of carbonyl (C=O) groups is 1. The third-order valence-corrected chi connectivity index (χ3v) is 4.29. The Labute approximate surface area is 192 Å².